The van der Waals surface area contributed by atoms with Crippen molar-refractivity contribution in [3.05, 3.63) is 39.2 Å². The fourth-order valence-corrected chi connectivity index (χ4v) is 1.96. The van der Waals surface area contributed by atoms with Gasteiger partial charge in [-0.15, -0.1) is 0 Å². The van der Waals surface area contributed by atoms with Gasteiger partial charge in [-0.05, 0) is 24.8 Å². The minimum atomic E-state index is -0.710. The lowest BCUT2D eigenvalue weighted by Gasteiger charge is -2.35. The fourth-order valence-electron chi connectivity index (χ4n) is 1.96. The van der Waals surface area contributed by atoms with E-state index in [-0.39, 0.29) is 28.3 Å². The summed E-state index contributed by atoms with van der Waals surface area (Å²) in [5.74, 6) is -1.26. The number of nitrogens with zero attached hydrogens (tertiary/aromatic N) is 2. The fraction of sp³-hybridized carbons (Fsp3) is 0.533. The molecule has 21 heavy (non-hydrogen) atoms. The molecule has 0 bridgehead atoms. The molecule has 1 amide bonds. The van der Waals surface area contributed by atoms with E-state index >= 15 is 0 Å². The molecule has 1 atom stereocenters. The first-order chi connectivity index (χ1) is 9.46. The van der Waals surface area contributed by atoms with Gasteiger partial charge in [-0.25, -0.2) is 4.39 Å². The molecule has 0 saturated carbocycles. The first kappa shape index (κ1) is 17.1. The molecule has 1 aromatic rings. The molecule has 0 aliphatic carbocycles. The maximum absolute atomic E-state index is 14.1. The van der Waals surface area contributed by atoms with Crippen LogP contribution in [0.3, 0.4) is 0 Å². The van der Waals surface area contributed by atoms with E-state index in [1.165, 1.54) is 11.8 Å². The highest BCUT2D eigenvalue weighted by atomic mass is 19.1. The second-order valence-electron chi connectivity index (χ2n) is 6.34. The molecule has 0 aromatic heterocycles. The van der Waals surface area contributed by atoms with Crippen molar-refractivity contribution in [1.29, 1.82) is 0 Å². The van der Waals surface area contributed by atoms with Crippen molar-refractivity contribution >= 4 is 11.6 Å². The van der Waals surface area contributed by atoms with Crippen LogP contribution in [0.4, 0.5) is 10.1 Å². The number of carbonyl (C=O) groups is 1. The second kappa shape index (κ2) is 5.79. The van der Waals surface area contributed by atoms with Crippen LogP contribution in [-0.4, -0.2) is 28.8 Å². The molecular formula is C15H21FN2O3. The quantitative estimate of drug-likeness (QED) is 0.633. The van der Waals surface area contributed by atoms with Crippen LogP contribution in [0.2, 0.25) is 0 Å². The zero-order valence-corrected chi connectivity index (χ0v) is 13.2. The van der Waals surface area contributed by atoms with Gasteiger partial charge >= 0.3 is 0 Å². The van der Waals surface area contributed by atoms with Gasteiger partial charge in [0.1, 0.15) is 5.82 Å². The lowest BCUT2D eigenvalue weighted by atomic mass is 9.87. The first-order valence-corrected chi connectivity index (χ1v) is 6.68. The summed E-state index contributed by atoms with van der Waals surface area (Å²) in [4.78, 5) is 24.1. The van der Waals surface area contributed by atoms with Crippen molar-refractivity contribution < 1.29 is 14.1 Å². The van der Waals surface area contributed by atoms with Gasteiger partial charge < -0.3 is 4.90 Å². The SMILES string of the molecule is Cc1cc([N+](=O)[O-])cc(C(=O)N(C)C(C)C(C)(C)C)c1F. The summed E-state index contributed by atoms with van der Waals surface area (Å²) in [7, 11) is 1.58. The molecule has 0 heterocycles. The lowest BCUT2D eigenvalue weighted by Crippen LogP contribution is -2.43. The van der Waals surface area contributed by atoms with Gasteiger partial charge in [0.25, 0.3) is 11.6 Å². The van der Waals surface area contributed by atoms with E-state index in [4.69, 9.17) is 0 Å². The van der Waals surface area contributed by atoms with Gasteiger partial charge in [-0.2, -0.15) is 0 Å². The molecule has 1 aromatic carbocycles. The summed E-state index contributed by atoms with van der Waals surface area (Å²) in [6.45, 7) is 9.18. The van der Waals surface area contributed by atoms with Gasteiger partial charge in [0.15, 0.2) is 0 Å². The van der Waals surface area contributed by atoms with Gasteiger partial charge in [-0.3, -0.25) is 14.9 Å². The number of aryl methyl sites for hydroxylation is 1. The number of hydrogen-bond donors (Lipinski definition) is 0. The zero-order valence-electron chi connectivity index (χ0n) is 13.2. The monoisotopic (exact) mass is 296 g/mol. The Hall–Kier alpha value is -1.98. The van der Waals surface area contributed by atoms with Gasteiger partial charge in [-0.1, -0.05) is 20.8 Å². The highest BCUT2D eigenvalue weighted by molar-refractivity contribution is 5.95. The van der Waals surface area contributed by atoms with Crippen LogP contribution in [0.25, 0.3) is 0 Å². The highest BCUT2D eigenvalue weighted by Gasteiger charge is 2.30. The third kappa shape index (κ3) is 3.56. The standard InChI is InChI=1S/C15H21FN2O3/c1-9-7-11(18(20)21)8-12(13(9)16)14(19)17(6)10(2)15(3,4)5/h7-8,10H,1-6H3. The summed E-state index contributed by atoms with van der Waals surface area (Å²) in [6.07, 6.45) is 0. The van der Waals surface area contributed by atoms with E-state index in [0.717, 1.165) is 12.1 Å². The summed E-state index contributed by atoms with van der Waals surface area (Å²) in [5, 5.41) is 10.9. The second-order valence-corrected chi connectivity index (χ2v) is 6.34. The molecule has 0 radical (unpaired) electrons. The molecule has 0 aliphatic rings. The number of nitro benzene ring substituents is 1. The Labute approximate surface area is 123 Å². The van der Waals surface area contributed by atoms with Crippen molar-refractivity contribution in [2.45, 2.75) is 40.7 Å². The number of non-ortho nitro benzene ring substituents is 1. The van der Waals surface area contributed by atoms with Crippen molar-refractivity contribution in [2.75, 3.05) is 7.05 Å². The Balaban J connectivity index is 3.27. The van der Waals surface area contributed by atoms with Crippen LogP contribution in [0.5, 0.6) is 0 Å². The van der Waals surface area contributed by atoms with E-state index in [9.17, 15) is 19.3 Å². The summed E-state index contributed by atoms with van der Waals surface area (Å²) < 4.78 is 14.1. The number of carbonyl (C=O) groups excluding carboxylic acids is 1. The molecule has 0 fully saturated rings. The summed E-state index contributed by atoms with van der Waals surface area (Å²) >= 11 is 0. The van der Waals surface area contributed by atoms with E-state index in [1.54, 1.807) is 7.05 Å². The number of amides is 1. The number of hydrogen-bond acceptors (Lipinski definition) is 3. The molecule has 1 unspecified atom stereocenters. The molecule has 0 spiro atoms. The molecular weight excluding hydrogens is 275 g/mol. The molecule has 6 heteroatoms. The highest BCUT2D eigenvalue weighted by Crippen LogP contribution is 2.27. The minimum absolute atomic E-state index is 0.0874. The number of rotatable bonds is 3. The Kier molecular flexibility index (Phi) is 4.71. The van der Waals surface area contributed by atoms with Crippen molar-refractivity contribution in [1.82, 2.24) is 4.90 Å². The topological polar surface area (TPSA) is 63.5 Å². The van der Waals surface area contributed by atoms with Crippen molar-refractivity contribution in [3.8, 4) is 0 Å². The van der Waals surface area contributed by atoms with Gasteiger partial charge in [0.05, 0.1) is 10.5 Å². The van der Waals surface area contributed by atoms with E-state index in [2.05, 4.69) is 0 Å². The van der Waals surface area contributed by atoms with Crippen molar-refractivity contribution in [3.63, 3.8) is 0 Å². The summed E-state index contributed by atoms with van der Waals surface area (Å²) in [6, 6.07) is 1.97. The van der Waals surface area contributed by atoms with E-state index in [1.807, 2.05) is 27.7 Å². The molecule has 116 valence electrons. The molecule has 0 aliphatic heterocycles. The van der Waals surface area contributed by atoms with Crippen LogP contribution in [0.15, 0.2) is 12.1 Å². The van der Waals surface area contributed by atoms with Crippen LogP contribution in [0, 0.1) is 28.3 Å². The largest absolute Gasteiger partial charge is 0.338 e. The molecule has 1 rings (SSSR count). The minimum Gasteiger partial charge on any atom is -0.338 e. The number of benzene rings is 1. The average molecular weight is 296 g/mol. The Morgan fingerprint density at radius 1 is 1.38 bits per heavy atom. The normalized spacial score (nSPS) is 12.9. The van der Waals surface area contributed by atoms with Gasteiger partial charge in [0.2, 0.25) is 0 Å². The Morgan fingerprint density at radius 2 is 1.90 bits per heavy atom. The molecule has 0 saturated heterocycles. The van der Waals surface area contributed by atoms with Crippen LogP contribution in [-0.2, 0) is 0 Å². The zero-order chi connectivity index (χ0) is 16.5. The van der Waals surface area contributed by atoms with Gasteiger partial charge in [0, 0.05) is 25.2 Å². The smallest absolute Gasteiger partial charge is 0.270 e. The summed E-state index contributed by atoms with van der Waals surface area (Å²) in [5.41, 5.74) is -0.643. The van der Waals surface area contributed by atoms with Crippen LogP contribution in [0.1, 0.15) is 43.6 Å². The number of halogens is 1. The predicted molar refractivity (Wildman–Crippen MR) is 78.8 cm³/mol. The van der Waals surface area contributed by atoms with Crippen molar-refractivity contribution in [2.24, 2.45) is 5.41 Å². The van der Waals surface area contributed by atoms with Crippen LogP contribution >= 0.6 is 0 Å². The molecule has 5 nitrogen and oxygen atoms in total. The van der Waals surface area contributed by atoms with E-state index in [0.29, 0.717) is 0 Å². The average Bonchev–Trinajstić information content (AvgIpc) is 2.37. The lowest BCUT2D eigenvalue weighted by molar-refractivity contribution is -0.385. The maximum Gasteiger partial charge on any atom is 0.270 e. The first-order valence-electron chi connectivity index (χ1n) is 6.68. The predicted octanol–water partition coefficient (Wildman–Crippen LogP) is 3.55. The molecule has 0 N–H and O–H groups in total. The Bertz CT molecular complexity index is 579. The van der Waals surface area contributed by atoms with Crippen LogP contribution < -0.4 is 0 Å². The van der Waals surface area contributed by atoms with E-state index < -0.39 is 16.6 Å². The Morgan fingerprint density at radius 3 is 2.33 bits per heavy atom. The number of nitro groups is 1. The third-order valence-corrected chi connectivity index (χ3v) is 3.84. The maximum atomic E-state index is 14.1. The third-order valence-electron chi connectivity index (χ3n) is 3.84.